The molecular weight excluding hydrogens is 260 g/mol. The number of nitrogen functional groups attached to an aromatic ring is 1. The first kappa shape index (κ1) is 13.4. The number of hydrogen-bond acceptors (Lipinski definition) is 5. The van der Waals surface area contributed by atoms with Crippen molar-refractivity contribution in [2.45, 2.75) is 13.5 Å². The summed E-state index contributed by atoms with van der Waals surface area (Å²) in [6.07, 6.45) is 0. The number of ether oxygens (including phenoxy) is 1. The van der Waals surface area contributed by atoms with Crippen molar-refractivity contribution in [1.29, 1.82) is 0 Å². The molecule has 4 nitrogen and oxygen atoms in total. The van der Waals surface area contributed by atoms with Gasteiger partial charge in [0.05, 0.1) is 24.0 Å². The van der Waals surface area contributed by atoms with E-state index in [-0.39, 0.29) is 0 Å². The predicted octanol–water partition coefficient (Wildman–Crippen LogP) is 3.04. The molecule has 0 unspecified atom stereocenters. The van der Waals surface area contributed by atoms with Crippen LogP contribution >= 0.6 is 11.3 Å². The van der Waals surface area contributed by atoms with Crippen molar-refractivity contribution >= 4 is 28.7 Å². The SMILES string of the molecule is COC(=O)c1cccc(N)c1NCc1cscc1C. The van der Waals surface area contributed by atoms with Crippen LogP contribution < -0.4 is 11.1 Å². The van der Waals surface area contributed by atoms with E-state index in [0.29, 0.717) is 23.5 Å². The summed E-state index contributed by atoms with van der Waals surface area (Å²) < 4.78 is 4.76. The first-order valence-corrected chi connectivity index (χ1v) is 6.80. The smallest absolute Gasteiger partial charge is 0.340 e. The van der Waals surface area contributed by atoms with Gasteiger partial charge in [0.2, 0.25) is 0 Å². The Balaban J connectivity index is 2.24. The standard InChI is InChI=1S/C14H16N2O2S/c1-9-7-19-8-10(9)6-16-13-11(14(17)18-2)4-3-5-12(13)15/h3-5,7-8,16H,6,15H2,1-2H3. The first-order chi connectivity index (χ1) is 9.13. The van der Waals surface area contributed by atoms with Crippen LogP contribution in [-0.2, 0) is 11.3 Å². The summed E-state index contributed by atoms with van der Waals surface area (Å²) in [4.78, 5) is 11.7. The molecule has 5 heteroatoms. The van der Waals surface area contributed by atoms with Crippen LogP contribution in [0.4, 0.5) is 11.4 Å². The Morgan fingerprint density at radius 2 is 2.21 bits per heavy atom. The Labute approximate surface area is 116 Å². The largest absolute Gasteiger partial charge is 0.465 e. The monoisotopic (exact) mass is 276 g/mol. The van der Waals surface area contributed by atoms with E-state index in [4.69, 9.17) is 10.5 Å². The fourth-order valence-corrected chi connectivity index (χ4v) is 2.66. The minimum atomic E-state index is -0.392. The van der Waals surface area contributed by atoms with Gasteiger partial charge in [-0.05, 0) is 40.9 Å². The number of nitrogens with two attached hydrogens (primary N) is 1. The van der Waals surface area contributed by atoms with E-state index >= 15 is 0 Å². The highest BCUT2D eigenvalue weighted by Gasteiger charge is 2.14. The van der Waals surface area contributed by atoms with E-state index in [9.17, 15) is 4.79 Å². The predicted molar refractivity (Wildman–Crippen MR) is 78.6 cm³/mol. The Morgan fingerprint density at radius 1 is 1.42 bits per heavy atom. The van der Waals surface area contributed by atoms with Gasteiger partial charge in [0.15, 0.2) is 0 Å². The molecule has 0 saturated heterocycles. The molecule has 1 heterocycles. The van der Waals surface area contributed by atoms with E-state index in [1.807, 2.05) is 0 Å². The molecule has 0 aliphatic rings. The van der Waals surface area contributed by atoms with E-state index in [0.717, 1.165) is 0 Å². The third kappa shape index (κ3) is 2.88. The Bertz CT molecular complexity index is 593. The molecule has 2 rings (SSSR count). The molecule has 1 aromatic heterocycles. The lowest BCUT2D eigenvalue weighted by Gasteiger charge is -2.13. The van der Waals surface area contributed by atoms with E-state index in [1.54, 1.807) is 29.5 Å². The maximum Gasteiger partial charge on any atom is 0.340 e. The Kier molecular flexibility index (Phi) is 4.06. The van der Waals surface area contributed by atoms with Gasteiger partial charge >= 0.3 is 5.97 Å². The zero-order valence-electron chi connectivity index (χ0n) is 10.9. The highest BCUT2D eigenvalue weighted by Crippen LogP contribution is 2.25. The molecule has 0 spiro atoms. The quantitative estimate of drug-likeness (QED) is 0.665. The molecule has 1 aromatic carbocycles. The number of para-hydroxylation sites is 1. The molecule has 19 heavy (non-hydrogen) atoms. The topological polar surface area (TPSA) is 64.3 Å². The van der Waals surface area contributed by atoms with Crippen molar-refractivity contribution in [2.75, 3.05) is 18.2 Å². The van der Waals surface area contributed by atoms with Gasteiger partial charge in [-0.25, -0.2) is 4.79 Å². The van der Waals surface area contributed by atoms with Gasteiger partial charge < -0.3 is 15.8 Å². The van der Waals surface area contributed by atoms with Crippen LogP contribution in [0.2, 0.25) is 0 Å². The number of anilines is 2. The average molecular weight is 276 g/mol. The second-order valence-corrected chi connectivity index (χ2v) is 4.94. The molecular formula is C14H16N2O2S. The van der Waals surface area contributed by atoms with E-state index < -0.39 is 5.97 Å². The minimum Gasteiger partial charge on any atom is -0.465 e. The minimum absolute atomic E-state index is 0.392. The zero-order valence-corrected chi connectivity index (χ0v) is 11.7. The second-order valence-electron chi connectivity index (χ2n) is 4.19. The van der Waals surface area contributed by atoms with Gasteiger partial charge in [0, 0.05) is 6.54 Å². The van der Waals surface area contributed by atoms with Gasteiger partial charge in [-0.15, -0.1) is 0 Å². The highest BCUT2D eigenvalue weighted by molar-refractivity contribution is 7.08. The van der Waals surface area contributed by atoms with Crippen molar-refractivity contribution in [1.82, 2.24) is 0 Å². The summed E-state index contributed by atoms with van der Waals surface area (Å²) >= 11 is 1.66. The van der Waals surface area contributed by atoms with Crippen LogP contribution in [-0.4, -0.2) is 13.1 Å². The summed E-state index contributed by atoms with van der Waals surface area (Å²) in [7, 11) is 1.36. The fraction of sp³-hybridized carbons (Fsp3) is 0.214. The van der Waals surface area contributed by atoms with Gasteiger partial charge in [-0.3, -0.25) is 0 Å². The second kappa shape index (κ2) is 5.75. The van der Waals surface area contributed by atoms with Crippen molar-refractivity contribution in [3.8, 4) is 0 Å². The number of esters is 1. The summed E-state index contributed by atoms with van der Waals surface area (Å²) in [5, 5.41) is 7.39. The number of hydrogen-bond donors (Lipinski definition) is 2. The van der Waals surface area contributed by atoms with E-state index in [2.05, 4.69) is 23.0 Å². The van der Waals surface area contributed by atoms with Crippen molar-refractivity contribution in [3.05, 3.63) is 45.6 Å². The lowest BCUT2D eigenvalue weighted by molar-refractivity contribution is 0.0602. The van der Waals surface area contributed by atoms with Crippen LogP contribution in [0.1, 0.15) is 21.5 Å². The maximum absolute atomic E-state index is 11.7. The number of methoxy groups -OCH3 is 1. The number of nitrogens with one attached hydrogen (secondary N) is 1. The number of aryl methyl sites for hydroxylation is 1. The van der Waals surface area contributed by atoms with E-state index in [1.165, 1.54) is 18.2 Å². The van der Waals surface area contributed by atoms with Crippen LogP contribution in [0.3, 0.4) is 0 Å². The molecule has 0 bridgehead atoms. The summed E-state index contributed by atoms with van der Waals surface area (Å²) in [6.45, 7) is 2.69. The molecule has 0 aliphatic heterocycles. The Hall–Kier alpha value is -2.01. The summed E-state index contributed by atoms with van der Waals surface area (Å²) in [5.41, 5.74) is 9.97. The van der Waals surface area contributed by atoms with Gasteiger partial charge in [-0.2, -0.15) is 11.3 Å². The third-order valence-electron chi connectivity index (χ3n) is 2.92. The van der Waals surface area contributed by atoms with Crippen molar-refractivity contribution in [3.63, 3.8) is 0 Å². The summed E-state index contributed by atoms with van der Waals surface area (Å²) in [5.74, 6) is -0.392. The average Bonchev–Trinajstić information content (AvgIpc) is 2.82. The molecule has 0 amide bonds. The molecule has 0 saturated carbocycles. The normalized spacial score (nSPS) is 10.2. The lowest BCUT2D eigenvalue weighted by Crippen LogP contribution is -2.10. The molecule has 0 fully saturated rings. The number of thiophene rings is 1. The number of benzene rings is 1. The highest BCUT2D eigenvalue weighted by atomic mass is 32.1. The lowest BCUT2D eigenvalue weighted by atomic mass is 10.1. The van der Waals surface area contributed by atoms with Crippen molar-refractivity contribution < 1.29 is 9.53 Å². The van der Waals surface area contributed by atoms with Crippen LogP contribution in [0.25, 0.3) is 0 Å². The molecule has 0 radical (unpaired) electrons. The molecule has 100 valence electrons. The van der Waals surface area contributed by atoms with Crippen LogP contribution in [0.5, 0.6) is 0 Å². The number of rotatable bonds is 4. The molecule has 0 atom stereocenters. The van der Waals surface area contributed by atoms with Crippen LogP contribution in [0, 0.1) is 6.92 Å². The molecule has 0 aliphatic carbocycles. The summed E-state index contributed by atoms with van der Waals surface area (Å²) in [6, 6.07) is 5.20. The first-order valence-electron chi connectivity index (χ1n) is 5.86. The van der Waals surface area contributed by atoms with Gasteiger partial charge in [0.25, 0.3) is 0 Å². The van der Waals surface area contributed by atoms with Crippen molar-refractivity contribution in [2.24, 2.45) is 0 Å². The molecule has 2 aromatic rings. The fourth-order valence-electron chi connectivity index (χ4n) is 1.80. The van der Waals surface area contributed by atoms with Gasteiger partial charge in [-0.1, -0.05) is 6.07 Å². The number of carbonyl (C=O) groups is 1. The third-order valence-corrected chi connectivity index (χ3v) is 3.83. The molecule has 3 N–H and O–H groups in total. The zero-order chi connectivity index (χ0) is 13.8. The van der Waals surface area contributed by atoms with Crippen LogP contribution in [0.15, 0.2) is 29.0 Å². The Morgan fingerprint density at radius 3 is 2.84 bits per heavy atom. The van der Waals surface area contributed by atoms with Gasteiger partial charge in [0.1, 0.15) is 0 Å². The maximum atomic E-state index is 11.7. The number of carbonyl (C=O) groups excluding carboxylic acids is 1.